The van der Waals surface area contributed by atoms with E-state index in [0.29, 0.717) is 5.92 Å². The zero-order valence-electron chi connectivity index (χ0n) is 9.57. The lowest BCUT2D eigenvalue weighted by Crippen LogP contribution is -2.24. The van der Waals surface area contributed by atoms with E-state index in [1.54, 1.807) is 6.33 Å². The molecular weight excluding hydrogens is 204 g/mol. The minimum Gasteiger partial charge on any atom is -0.381 e. The van der Waals surface area contributed by atoms with E-state index < -0.39 is 0 Å². The third-order valence-corrected chi connectivity index (χ3v) is 2.75. The molecule has 0 aliphatic carbocycles. The van der Waals surface area contributed by atoms with Crippen LogP contribution < -0.4 is 10.6 Å². The van der Waals surface area contributed by atoms with Crippen molar-refractivity contribution in [3.05, 3.63) is 12.4 Å². The molecule has 1 unspecified atom stereocenters. The van der Waals surface area contributed by atoms with Gasteiger partial charge < -0.3 is 15.4 Å². The zero-order valence-corrected chi connectivity index (χ0v) is 9.57. The second-order valence-electron chi connectivity index (χ2n) is 4.00. The number of nitrogens with zero attached hydrogens (tertiary/aromatic N) is 2. The van der Waals surface area contributed by atoms with E-state index >= 15 is 0 Å². The molecule has 0 amide bonds. The average Bonchev–Trinajstić information content (AvgIpc) is 2.38. The summed E-state index contributed by atoms with van der Waals surface area (Å²) in [6, 6.07) is 1.91. The lowest BCUT2D eigenvalue weighted by atomic mass is 10.0. The molecule has 1 aliphatic rings. The van der Waals surface area contributed by atoms with Gasteiger partial charge in [-0.05, 0) is 18.8 Å². The molecule has 0 saturated carbocycles. The van der Waals surface area contributed by atoms with E-state index in [1.165, 1.54) is 6.42 Å². The van der Waals surface area contributed by atoms with Crippen molar-refractivity contribution in [1.29, 1.82) is 0 Å². The van der Waals surface area contributed by atoms with Crippen molar-refractivity contribution in [2.75, 3.05) is 37.4 Å². The largest absolute Gasteiger partial charge is 0.381 e. The van der Waals surface area contributed by atoms with E-state index in [-0.39, 0.29) is 0 Å². The number of ether oxygens (including phenoxy) is 1. The summed E-state index contributed by atoms with van der Waals surface area (Å²) in [5.41, 5.74) is 0. The first-order valence-electron chi connectivity index (χ1n) is 5.70. The van der Waals surface area contributed by atoms with Crippen molar-refractivity contribution in [2.24, 2.45) is 5.92 Å². The van der Waals surface area contributed by atoms with Gasteiger partial charge in [0.2, 0.25) is 0 Å². The molecule has 1 fully saturated rings. The summed E-state index contributed by atoms with van der Waals surface area (Å²) in [6.45, 7) is 2.69. The predicted octanol–water partition coefficient (Wildman–Crippen LogP) is 1.36. The molecule has 0 aromatic carbocycles. The lowest BCUT2D eigenvalue weighted by Gasteiger charge is -2.22. The first kappa shape index (κ1) is 11.1. The molecule has 0 radical (unpaired) electrons. The highest BCUT2D eigenvalue weighted by Crippen LogP contribution is 2.15. The van der Waals surface area contributed by atoms with Gasteiger partial charge in [0.15, 0.2) is 0 Å². The number of aromatic nitrogens is 2. The molecule has 2 heterocycles. The fourth-order valence-corrected chi connectivity index (χ4v) is 1.81. The maximum absolute atomic E-state index is 5.43. The molecule has 1 aromatic rings. The van der Waals surface area contributed by atoms with E-state index in [0.717, 1.165) is 37.8 Å². The molecule has 1 aliphatic heterocycles. The summed E-state index contributed by atoms with van der Waals surface area (Å²) in [6.07, 6.45) is 3.96. The quantitative estimate of drug-likeness (QED) is 0.805. The van der Waals surface area contributed by atoms with E-state index in [2.05, 4.69) is 20.6 Å². The number of hydrogen-bond acceptors (Lipinski definition) is 5. The Morgan fingerprint density at radius 1 is 1.44 bits per heavy atom. The molecule has 1 atom stereocenters. The van der Waals surface area contributed by atoms with Crippen molar-refractivity contribution in [3.8, 4) is 0 Å². The molecule has 5 nitrogen and oxygen atoms in total. The SMILES string of the molecule is CNc1cc(NCC2CCCOC2)ncn1. The molecule has 2 rings (SSSR count). The minimum absolute atomic E-state index is 0.599. The van der Waals surface area contributed by atoms with Crippen LogP contribution >= 0.6 is 0 Å². The Kier molecular flexibility index (Phi) is 3.93. The Morgan fingerprint density at radius 3 is 3.06 bits per heavy atom. The Balaban J connectivity index is 1.83. The van der Waals surface area contributed by atoms with E-state index in [9.17, 15) is 0 Å². The van der Waals surface area contributed by atoms with Gasteiger partial charge in [0, 0.05) is 26.3 Å². The third kappa shape index (κ3) is 3.06. The topological polar surface area (TPSA) is 59.1 Å². The van der Waals surface area contributed by atoms with Gasteiger partial charge in [-0.25, -0.2) is 9.97 Å². The molecule has 2 N–H and O–H groups in total. The summed E-state index contributed by atoms with van der Waals surface area (Å²) >= 11 is 0. The maximum atomic E-state index is 5.43. The fourth-order valence-electron chi connectivity index (χ4n) is 1.81. The van der Waals surface area contributed by atoms with Crippen LogP contribution in [-0.2, 0) is 4.74 Å². The van der Waals surface area contributed by atoms with Gasteiger partial charge in [0.25, 0.3) is 0 Å². The van der Waals surface area contributed by atoms with Crippen molar-refractivity contribution < 1.29 is 4.74 Å². The molecule has 1 saturated heterocycles. The van der Waals surface area contributed by atoms with Crippen LogP contribution in [0.5, 0.6) is 0 Å². The maximum Gasteiger partial charge on any atom is 0.131 e. The number of rotatable bonds is 4. The number of anilines is 2. The number of nitrogens with one attached hydrogen (secondary N) is 2. The minimum atomic E-state index is 0.599. The van der Waals surface area contributed by atoms with Crippen LogP contribution in [0.2, 0.25) is 0 Å². The smallest absolute Gasteiger partial charge is 0.131 e. The standard InChI is InChI=1S/C11H18N4O/c1-12-10-5-11(15-8-14-10)13-6-9-3-2-4-16-7-9/h5,8-9H,2-4,6-7H2,1H3,(H2,12,13,14,15). The molecule has 88 valence electrons. The van der Waals surface area contributed by atoms with Crippen molar-refractivity contribution in [3.63, 3.8) is 0 Å². The van der Waals surface area contributed by atoms with Gasteiger partial charge in [-0.1, -0.05) is 0 Å². The fraction of sp³-hybridized carbons (Fsp3) is 0.636. The number of hydrogen-bond donors (Lipinski definition) is 2. The van der Waals surface area contributed by atoms with Crippen LogP contribution in [0.1, 0.15) is 12.8 Å². The van der Waals surface area contributed by atoms with Gasteiger partial charge >= 0.3 is 0 Å². The van der Waals surface area contributed by atoms with Crippen molar-refractivity contribution >= 4 is 11.6 Å². The Morgan fingerprint density at radius 2 is 2.31 bits per heavy atom. The first-order valence-corrected chi connectivity index (χ1v) is 5.70. The highest BCUT2D eigenvalue weighted by atomic mass is 16.5. The average molecular weight is 222 g/mol. The molecule has 1 aromatic heterocycles. The van der Waals surface area contributed by atoms with E-state index in [1.807, 2.05) is 13.1 Å². The summed E-state index contributed by atoms with van der Waals surface area (Å²) < 4.78 is 5.43. The van der Waals surface area contributed by atoms with Gasteiger partial charge in [-0.3, -0.25) is 0 Å². The van der Waals surface area contributed by atoms with Crippen LogP contribution in [0.3, 0.4) is 0 Å². The van der Waals surface area contributed by atoms with Gasteiger partial charge in [-0.2, -0.15) is 0 Å². The van der Waals surface area contributed by atoms with Gasteiger partial charge in [0.05, 0.1) is 6.61 Å². The molecular formula is C11H18N4O. The summed E-state index contributed by atoms with van der Waals surface area (Å²) in [4.78, 5) is 8.23. The predicted molar refractivity (Wildman–Crippen MR) is 63.6 cm³/mol. The third-order valence-electron chi connectivity index (χ3n) is 2.75. The van der Waals surface area contributed by atoms with Gasteiger partial charge in [-0.15, -0.1) is 0 Å². The summed E-state index contributed by atoms with van der Waals surface area (Å²) in [5.74, 6) is 2.30. The van der Waals surface area contributed by atoms with Gasteiger partial charge in [0.1, 0.15) is 18.0 Å². The monoisotopic (exact) mass is 222 g/mol. The van der Waals surface area contributed by atoms with Crippen LogP contribution in [0.15, 0.2) is 12.4 Å². The molecule has 0 bridgehead atoms. The van der Waals surface area contributed by atoms with Crippen molar-refractivity contribution in [2.45, 2.75) is 12.8 Å². The van der Waals surface area contributed by atoms with Crippen LogP contribution in [0.25, 0.3) is 0 Å². The Labute approximate surface area is 95.6 Å². The second-order valence-corrected chi connectivity index (χ2v) is 4.00. The normalized spacial score (nSPS) is 20.4. The molecule has 0 spiro atoms. The van der Waals surface area contributed by atoms with Crippen LogP contribution in [-0.4, -0.2) is 36.8 Å². The summed E-state index contributed by atoms with van der Waals surface area (Å²) in [5, 5.41) is 6.31. The Bertz CT molecular complexity index is 326. The first-order chi connectivity index (χ1) is 7.88. The summed E-state index contributed by atoms with van der Waals surface area (Å²) in [7, 11) is 1.85. The van der Waals surface area contributed by atoms with Crippen molar-refractivity contribution in [1.82, 2.24) is 9.97 Å². The van der Waals surface area contributed by atoms with Crippen LogP contribution in [0.4, 0.5) is 11.6 Å². The van der Waals surface area contributed by atoms with Crippen LogP contribution in [0, 0.1) is 5.92 Å². The zero-order chi connectivity index (χ0) is 11.2. The second kappa shape index (κ2) is 5.65. The lowest BCUT2D eigenvalue weighted by molar-refractivity contribution is 0.0595. The highest BCUT2D eigenvalue weighted by molar-refractivity contribution is 5.45. The Hall–Kier alpha value is -1.36. The molecule has 5 heteroatoms. The molecule has 16 heavy (non-hydrogen) atoms. The van der Waals surface area contributed by atoms with E-state index in [4.69, 9.17) is 4.74 Å². The highest BCUT2D eigenvalue weighted by Gasteiger charge is 2.13.